The summed E-state index contributed by atoms with van der Waals surface area (Å²) in [6, 6.07) is 10.6. The molecule has 0 radical (unpaired) electrons. The average Bonchev–Trinajstić information content (AvgIpc) is 2.41. The smallest absolute Gasteiger partial charge is 0.161 e. The van der Waals surface area contributed by atoms with Crippen LogP contribution in [0.5, 0.6) is 0 Å². The van der Waals surface area contributed by atoms with Crippen molar-refractivity contribution in [1.29, 1.82) is 0 Å². The third-order valence-corrected chi connectivity index (χ3v) is 4.33. The molecule has 0 saturated carbocycles. The maximum Gasteiger partial charge on any atom is 0.161 e. The summed E-state index contributed by atoms with van der Waals surface area (Å²) in [5, 5.41) is 0.695. The van der Waals surface area contributed by atoms with Crippen LogP contribution in [-0.4, -0.2) is 5.78 Å². The number of carbonyl (C=O) groups excluding carboxylic acids is 1. The molecule has 2 rings (SSSR count). The van der Waals surface area contributed by atoms with Crippen LogP contribution < -0.4 is 0 Å². The van der Waals surface area contributed by atoms with Gasteiger partial charge in [0.05, 0.1) is 0 Å². The lowest BCUT2D eigenvalue weighted by atomic mass is 10.1. The fourth-order valence-electron chi connectivity index (χ4n) is 1.79. The molecule has 2 aromatic carbocycles. The Labute approximate surface area is 127 Å². The quantitative estimate of drug-likeness (QED) is 0.564. The minimum atomic E-state index is -0.342. The van der Waals surface area contributed by atoms with E-state index in [0.29, 0.717) is 21.9 Å². The van der Waals surface area contributed by atoms with Gasteiger partial charge in [-0.15, -0.1) is 11.8 Å². The van der Waals surface area contributed by atoms with Gasteiger partial charge in [-0.25, -0.2) is 4.39 Å². The van der Waals surface area contributed by atoms with Crippen molar-refractivity contribution >= 4 is 29.1 Å². The maximum atomic E-state index is 13.6. The topological polar surface area (TPSA) is 17.1 Å². The predicted octanol–water partition coefficient (Wildman–Crippen LogP) is 5.28. The normalized spacial score (nSPS) is 10.6. The van der Waals surface area contributed by atoms with E-state index in [1.54, 1.807) is 13.0 Å². The minimum Gasteiger partial charge on any atom is -0.294 e. The van der Waals surface area contributed by atoms with E-state index in [9.17, 15) is 9.18 Å². The number of benzene rings is 2. The highest BCUT2D eigenvalue weighted by molar-refractivity contribution is 7.98. The van der Waals surface area contributed by atoms with Crippen molar-refractivity contribution in [2.75, 3.05) is 0 Å². The molecule has 2 aromatic rings. The zero-order chi connectivity index (χ0) is 14.7. The summed E-state index contributed by atoms with van der Waals surface area (Å²) in [4.78, 5) is 12.4. The monoisotopic (exact) mass is 308 g/mol. The molecule has 0 fully saturated rings. The van der Waals surface area contributed by atoms with Crippen LogP contribution >= 0.6 is 23.4 Å². The lowest BCUT2D eigenvalue weighted by Crippen LogP contribution is -1.98. The zero-order valence-corrected chi connectivity index (χ0v) is 12.8. The molecule has 0 aliphatic rings. The number of aryl methyl sites for hydroxylation is 1. The molecule has 0 amide bonds. The molecule has 0 aromatic heterocycles. The first-order valence-electron chi connectivity index (χ1n) is 6.15. The Balaban J connectivity index is 2.22. The van der Waals surface area contributed by atoms with Gasteiger partial charge in [-0.3, -0.25) is 4.79 Å². The molecule has 1 nitrogen and oxygen atoms in total. The number of carbonyl (C=O) groups is 1. The lowest BCUT2D eigenvalue weighted by molar-refractivity contribution is 0.101. The molecular weight excluding hydrogens is 295 g/mol. The second-order valence-electron chi connectivity index (χ2n) is 4.57. The van der Waals surface area contributed by atoms with Gasteiger partial charge in [0.15, 0.2) is 5.78 Å². The SMILES string of the molecule is CC(=O)c1cc(F)c(C)cc1SCc1ccc(Cl)cc1. The van der Waals surface area contributed by atoms with Crippen molar-refractivity contribution in [3.05, 3.63) is 63.9 Å². The van der Waals surface area contributed by atoms with Crippen LogP contribution in [0.25, 0.3) is 0 Å². The van der Waals surface area contributed by atoms with E-state index >= 15 is 0 Å². The van der Waals surface area contributed by atoms with Crippen molar-refractivity contribution in [3.8, 4) is 0 Å². The predicted molar refractivity (Wildman–Crippen MR) is 82.2 cm³/mol. The Kier molecular flexibility index (Phi) is 4.84. The zero-order valence-electron chi connectivity index (χ0n) is 11.2. The molecule has 0 unspecified atom stereocenters. The van der Waals surface area contributed by atoms with E-state index < -0.39 is 0 Å². The van der Waals surface area contributed by atoms with Gasteiger partial charge in [-0.1, -0.05) is 23.7 Å². The number of halogens is 2. The van der Waals surface area contributed by atoms with Gasteiger partial charge in [0.1, 0.15) is 5.82 Å². The van der Waals surface area contributed by atoms with Crippen LogP contribution in [-0.2, 0) is 5.75 Å². The van der Waals surface area contributed by atoms with Crippen LogP contribution in [0.1, 0.15) is 28.4 Å². The maximum absolute atomic E-state index is 13.6. The Morgan fingerprint density at radius 1 is 1.25 bits per heavy atom. The van der Waals surface area contributed by atoms with Gasteiger partial charge in [0.25, 0.3) is 0 Å². The third kappa shape index (κ3) is 3.62. The third-order valence-electron chi connectivity index (χ3n) is 2.95. The summed E-state index contributed by atoms with van der Waals surface area (Å²) in [7, 11) is 0. The number of hydrogen-bond acceptors (Lipinski definition) is 2. The van der Waals surface area contributed by atoms with Crippen molar-refractivity contribution < 1.29 is 9.18 Å². The van der Waals surface area contributed by atoms with Gasteiger partial charge < -0.3 is 0 Å². The molecular formula is C16H14ClFOS. The van der Waals surface area contributed by atoms with Crippen LogP contribution in [0.2, 0.25) is 5.02 Å². The van der Waals surface area contributed by atoms with Gasteiger partial charge in [0.2, 0.25) is 0 Å². The molecule has 20 heavy (non-hydrogen) atoms. The van der Waals surface area contributed by atoms with Crippen molar-refractivity contribution in [3.63, 3.8) is 0 Å². The number of thioether (sulfide) groups is 1. The molecule has 0 N–H and O–H groups in total. The highest BCUT2D eigenvalue weighted by Crippen LogP contribution is 2.29. The summed E-state index contributed by atoms with van der Waals surface area (Å²) >= 11 is 7.37. The van der Waals surface area contributed by atoms with Crippen LogP contribution in [0.15, 0.2) is 41.3 Å². The van der Waals surface area contributed by atoms with E-state index in [4.69, 9.17) is 11.6 Å². The van der Waals surface area contributed by atoms with Crippen LogP contribution in [0.3, 0.4) is 0 Å². The first-order valence-corrected chi connectivity index (χ1v) is 7.52. The molecule has 0 saturated heterocycles. The molecule has 0 bridgehead atoms. The molecule has 0 aliphatic heterocycles. The summed E-state index contributed by atoms with van der Waals surface area (Å²) < 4.78 is 13.6. The summed E-state index contributed by atoms with van der Waals surface area (Å²) in [5.41, 5.74) is 2.09. The van der Waals surface area contributed by atoms with Crippen LogP contribution in [0.4, 0.5) is 4.39 Å². The molecule has 0 heterocycles. The minimum absolute atomic E-state index is 0.123. The first-order chi connectivity index (χ1) is 9.47. The fourth-order valence-corrected chi connectivity index (χ4v) is 3.05. The van der Waals surface area contributed by atoms with Gasteiger partial charge in [-0.2, -0.15) is 0 Å². The van der Waals surface area contributed by atoms with E-state index in [2.05, 4.69) is 0 Å². The Bertz CT molecular complexity index is 638. The first kappa shape index (κ1) is 15.1. The van der Waals surface area contributed by atoms with Crippen molar-refractivity contribution in [2.24, 2.45) is 0 Å². The highest BCUT2D eigenvalue weighted by Gasteiger charge is 2.11. The Morgan fingerprint density at radius 3 is 2.50 bits per heavy atom. The van der Waals surface area contributed by atoms with E-state index in [-0.39, 0.29) is 11.6 Å². The second-order valence-corrected chi connectivity index (χ2v) is 6.02. The Hall–Kier alpha value is -1.32. The van der Waals surface area contributed by atoms with Crippen LogP contribution in [0, 0.1) is 12.7 Å². The van der Waals surface area contributed by atoms with E-state index in [1.807, 2.05) is 24.3 Å². The molecule has 104 valence electrons. The number of Topliss-reactive ketones (excluding diaryl/α,β-unsaturated/α-hetero) is 1. The lowest BCUT2D eigenvalue weighted by Gasteiger charge is -2.09. The standard InChI is InChI=1S/C16H14ClFOS/c1-10-7-16(14(11(2)19)8-15(10)18)20-9-12-3-5-13(17)6-4-12/h3-8H,9H2,1-2H3. The number of ketones is 1. The van der Waals surface area contributed by atoms with Crippen molar-refractivity contribution in [1.82, 2.24) is 0 Å². The number of hydrogen-bond donors (Lipinski definition) is 0. The number of rotatable bonds is 4. The van der Waals surface area contributed by atoms with Gasteiger partial charge in [-0.05, 0) is 49.2 Å². The Morgan fingerprint density at radius 2 is 1.90 bits per heavy atom. The average molecular weight is 309 g/mol. The molecule has 4 heteroatoms. The largest absolute Gasteiger partial charge is 0.294 e. The van der Waals surface area contributed by atoms with E-state index in [1.165, 1.54) is 24.8 Å². The molecule has 0 atom stereocenters. The molecule has 0 spiro atoms. The van der Waals surface area contributed by atoms with Crippen molar-refractivity contribution in [2.45, 2.75) is 24.5 Å². The van der Waals surface area contributed by atoms with E-state index in [0.717, 1.165) is 10.5 Å². The second kappa shape index (κ2) is 6.42. The van der Waals surface area contributed by atoms with Gasteiger partial charge >= 0.3 is 0 Å². The molecule has 0 aliphatic carbocycles. The summed E-state index contributed by atoms with van der Waals surface area (Å²) in [6.45, 7) is 3.15. The fraction of sp³-hybridized carbons (Fsp3) is 0.188. The van der Waals surface area contributed by atoms with Gasteiger partial charge in [0, 0.05) is 21.2 Å². The summed E-state index contributed by atoms with van der Waals surface area (Å²) in [5.74, 6) is 0.247. The summed E-state index contributed by atoms with van der Waals surface area (Å²) in [6.07, 6.45) is 0. The highest BCUT2D eigenvalue weighted by atomic mass is 35.5.